The lowest BCUT2D eigenvalue weighted by Gasteiger charge is -2.15. The summed E-state index contributed by atoms with van der Waals surface area (Å²) in [6, 6.07) is 0. The molecule has 0 rings (SSSR count). The van der Waals surface area contributed by atoms with E-state index in [-0.39, 0.29) is 18.6 Å². The van der Waals surface area contributed by atoms with E-state index in [0.29, 0.717) is 12.8 Å². The molecule has 0 radical (unpaired) electrons. The molecule has 0 spiro atoms. The van der Waals surface area contributed by atoms with Crippen LogP contribution in [0.5, 0.6) is 0 Å². The van der Waals surface area contributed by atoms with E-state index < -0.39 is 0 Å². The summed E-state index contributed by atoms with van der Waals surface area (Å²) in [7, 11) is 0. The third-order valence-corrected chi connectivity index (χ3v) is 2.01. The lowest BCUT2D eigenvalue weighted by Crippen LogP contribution is -2.17. The molecule has 0 aliphatic carbocycles. The van der Waals surface area contributed by atoms with Crippen molar-refractivity contribution in [1.82, 2.24) is 0 Å². The van der Waals surface area contributed by atoms with Gasteiger partial charge in [0.1, 0.15) is 0 Å². The van der Waals surface area contributed by atoms with Crippen molar-refractivity contribution < 1.29 is 10.2 Å². The third kappa shape index (κ3) is 5.33. The smallest absolute Gasteiger partial charge is 0.0601 e. The minimum atomic E-state index is -0.313. The van der Waals surface area contributed by atoms with Crippen molar-refractivity contribution in [3.63, 3.8) is 0 Å². The lowest BCUT2D eigenvalue weighted by atomic mass is 9.98. The van der Waals surface area contributed by atoms with E-state index in [2.05, 4.69) is 0 Å². The first kappa shape index (κ1) is 11.7. The fourth-order valence-electron chi connectivity index (χ4n) is 0.985. The maximum absolute atomic E-state index is 9.54. The molecule has 2 unspecified atom stereocenters. The Labute approximate surface area is 74.9 Å². The molecule has 0 amide bonds. The van der Waals surface area contributed by atoms with Crippen LogP contribution in [0.15, 0.2) is 11.6 Å². The highest BCUT2D eigenvalue weighted by Gasteiger charge is 2.11. The zero-order chi connectivity index (χ0) is 9.56. The molecule has 2 atom stereocenters. The molecule has 72 valence electrons. The number of aliphatic hydroxyl groups excluding tert-OH is 2. The van der Waals surface area contributed by atoms with Crippen LogP contribution in [0.3, 0.4) is 0 Å². The van der Waals surface area contributed by atoms with Crippen LogP contribution in [0.1, 0.15) is 33.6 Å². The van der Waals surface area contributed by atoms with Gasteiger partial charge in [0.25, 0.3) is 0 Å². The Kier molecular flexibility index (Phi) is 6.03. The fourth-order valence-corrected chi connectivity index (χ4v) is 0.985. The Morgan fingerprint density at radius 1 is 1.42 bits per heavy atom. The van der Waals surface area contributed by atoms with Crippen LogP contribution < -0.4 is 0 Å². The van der Waals surface area contributed by atoms with Crippen LogP contribution in [0, 0.1) is 5.92 Å². The molecule has 2 nitrogen and oxygen atoms in total. The number of aliphatic hydroxyl groups is 2. The predicted molar refractivity (Wildman–Crippen MR) is 50.9 cm³/mol. The van der Waals surface area contributed by atoms with Gasteiger partial charge in [-0.05, 0) is 32.6 Å². The van der Waals surface area contributed by atoms with Gasteiger partial charge in [-0.25, -0.2) is 0 Å². The molecule has 0 aliphatic heterocycles. The summed E-state index contributed by atoms with van der Waals surface area (Å²) in [5.74, 6) is 0.186. The van der Waals surface area contributed by atoms with Gasteiger partial charge in [0.2, 0.25) is 0 Å². The molecule has 0 fully saturated rings. The minimum Gasteiger partial charge on any atom is -0.396 e. The second-order valence-electron chi connectivity index (χ2n) is 3.57. The summed E-state index contributed by atoms with van der Waals surface area (Å²) >= 11 is 0. The average Bonchev–Trinajstić information content (AvgIpc) is 2.00. The van der Waals surface area contributed by atoms with Gasteiger partial charge >= 0.3 is 0 Å². The zero-order valence-electron chi connectivity index (χ0n) is 8.25. The largest absolute Gasteiger partial charge is 0.396 e. The molecule has 0 aromatic heterocycles. The van der Waals surface area contributed by atoms with E-state index in [9.17, 15) is 5.11 Å². The van der Waals surface area contributed by atoms with E-state index in [1.807, 2.05) is 26.8 Å². The zero-order valence-corrected chi connectivity index (χ0v) is 8.25. The Bertz CT molecular complexity index is 137. The number of hydrogen-bond acceptors (Lipinski definition) is 2. The second kappa shape index (κ2) is 6.21. The van der Waals surface area contributed by atoms with Crippen molar-refractivity contribution in [2.45, 2.75) is 39.7 Å². The van der Waals surface area contributed by atoms with Gasteiger partial charge in [0.15, 0.2) is 0 Å². The van der Waals surface area contributed by atoms with Gasteiger partial charge in [-0.3, -0.25) is 0 Å². The van der Waals surface area contributed by atoms with Gasteiger partial charge in [0.05, 0.1) is 6.10 Å². The van der Waals surface area contributed by atoms with Gasteiger partial charge in [-0.2, -0.15) is 0 Å². The Morgan fingerprint density at radius 2 is 2.00 bits per heavy atom. The highest BCUT2D eigenvalue weighted by Crippen LogP contribution is 2.12. The van der Waals surface area contributed by atoms with Crippen LogP contribution in [0.4, 0.5) is 0 Å². The van der Waals surface area contributed by atoms with E-state index in [1.54, 1.807) is 0 Å². The normalized spacial score (nSPS) is 15.4. The lowest BCUT2D eigenvalue weighted by molar-refractivity contribution is 0.101. The maximum atomic E-state index is 9.54. The molecule has 0 bridgehead atoms. The molecule has 0 aromatic carbocycles. The molecule has 2 heteroatoms. The van der Waals surface area contributed by atoms with Gasteiger partial charge in [-0.1, -0.05) is 18.6 Å². The minimum absolute atomic E-state index is 0.160. The van der Waals surface area contributed by atoms with Crippen molar-refractivity contribution in [2.24, 2.45) is 5.92 Å². The van der Waals surface area contributed by atoms with Gasteiger partial charge < -0.3 is 10.2 Å². The first-order valence-electron chi connectivity index (χ1n) is 4.50. The van der Waals surface area contributed by atoms with Crippen LogP contribution >= 0.6 is 0 Å². The standard InChI is InChI=1S/C10H20O2/c1-8(2)4-5-10(12)9(3)6-7-11/h4,9-12H,5-7H2,1-3H3. The molecule has 2 N–H and O–H groups in total. The molecular weight excluding hydrogens is 152 g/mol. The summed E-state index contributed by atoms with van der Waals surface area (Å²) in [5, 5.41) is 18.2. The van der Waals surface area contributed by atoms with Crippen molar-refractivity contribution >= 4 is 0 Å². The Balaban J connectivity index is 3.70. The average molecular weight is 172 g/mol. The maximum Gasteiger partial charge on any atom is 0.0601 e. The first-order chi connectivity index (χ1) is 5.57. The van der Waals surface area contributed by atoms with E-state index >= 15 is 0 Å². The summed E-state index contributed by atoms with van der Waals surface area (Å²) < 4.78 is 0. The quantitative estimate of drug-likeness (QED) is 0.620. The van der Waals surface area contributed by atoms with Crippen LogP contribution in [-0.2, 0) is 0 Å². The summed E-state index contributed by atoms with van der Waals surface area (Å²) in [4.78, 5) is 0. The summed E-state index contributed by atoms with van der Waals surface area (Å²) in [6.45, 7) is 6.15. The molecule has 0 saturated carbocycles. The van der Waals surface area contributed by atoms with Gasteiger partial charge in [0, 0.05) is 6.61 Å². The second-order valence-corrected chi connectivity index (χ2v) is 3.57. The van der Waals surface area contributed by atoms with Crippen LogP contribution in [0.25, 0.3) is 0 Å². The molecule has 0 heterocycles. The number of rotatable bonds is 5. The Morgan fingerprint density at radius 3 is 2.42 bits per heavy atom. The first-order valence-corrected chi connectivity index (χ1v) is 4.50. The molecule has 0 aromatic rings. The van der Waals surface area contributed by atoms with Gasteiger partial charge in [-0.15, -0.1) is 0 Å². The Hall–Kier alpha value is -0.340. The monoisotopic (exact) mass is 172 g/mol. The summed E-state index contributed by atoms with van der Waals surface area (Å²) in [6.07, 6.45) is 3.09. The predicted octanol–water partition coefficient (Wildman–Crippen LogP) is 1.72. The van der Waals surface area contributed by atoms with Crippen molar-refractivity contribution in [3.8, 4) is 0 Å². The topological polar surface area (TPSA) is 40.5 Å². The number of allylic oxidation sites excluding steroid dienone is 1. The summed E-state index contributed by atoms with van der Waals surface area (Å²) in [5.41, 5.74) is 1.23. The highest BCUT2D eigenvalue weighted by atomic mass is 16.3. The van der Waals surface area contributed by atoms with Crippen molar-refractivity contribution in [1.29, 1.82) is 0 Å². The SMILES string of the molecule is CC(C)=CCC(O)C(C)CCO. The molecule has 0 saturated heterocycles. The van der Waals surface area contributed by atoms with Crippen LogP contribution in [-0.4, -0.2) is 22.9 Å². The molecular formula is C10H20O2. The van der Waals surface area contributed by atoms with Crippen molar-refractivity contribution in [2.75, 3.05) is 6.61 Å². The van der Waals surface area contributed by atoms with E-state index in [1.165, 1.54) is 5.57 Å². The van der Waals surface area contributed by atoms with E-state index in [4.69, 9.17) is 5.11 Å². The molecule has 0 aliphatic rings. The third-order valence-electron chi connectivity index (χ3n) is 2.01. The number of hydrogen-bond donors (Lipinski definition) is 2. The van der Waals surface area contributed by atoms with E-state index in [0.717, 1.165) is 0 Å². The van der Waals surface area contributed by atoms with Crippen LogP contribution in [0.2, 0.25) is 0 Å². The molecule has 12 heavy (non-hydrogen) atoms. The highest BCUT2D eigenvalue weighted by molar-refractivity contribution is 4.94. The van der Waals surface area contributed by atoms with Crippen molar-refractivity contribution in [3.05, 3.63) is 11.6 Å². The fraction of sp³-hybridized carbons (Fsp3) is 0.800.